The van der Waals surface area contributed by atoms with Gasteiger partial charge in [0.1, 0.15) is 17.5 Å². The molecule has 0 radical (unpaired) electrons. The van der Waals surface area contributed by atoms with E-state index in [0.29, 0.717) is 6.07 Å². The van der Waals surface area contributed by atoms with Crippen molar-refractivity contribution in [2.24, 2.45) is 5.73 Å². The predicted octanol–water partition coefficient (Wildman–Crippen LogP) is 2.72. The topological polar surface area (TPSA) is 66.5 Å². The number of phenolic OH excluding ortho intramolecular Hbond substituents is 2. The number of rotatable bonds is 2. The second kappa shape index (κ2) is 5.15. The number of alkyl halides is 5. The summed E-state index contributed by atoms with van der Waals surface area (Å²) in [7, 11) is 0. The standard InChI is InChI=1S/C9H8F5NO2.ClH/c10-8(11,9(12,13)14)7(15)5-3-4(16)1-2-6(5)17;/h1-3,7,16-17H,15H2;1H/t7-;/m0./s1. The summed E-state index contributed by atoms with van der Waals surface area (Å²) >= 11 is 0. The minimum atomic E-state index is -5.84. The Morgan fingerprint density at radius 2 is 1.56 bits per heavy atom. The van der Waals surface area contributed by atoms with Crippen molar-refractivity contribution in [2.75, 3.05) is 0 Å². The summed E-state index contributed by atoms with van der Waals surface area (Å²) in [5, 5.41) is 18.1. The monoisotopic (exact) mass is 293 g/mol. The summed E-state index contributed by atoms with van der Waals surface area (Å²) in [5.41, 5.74) is 3.91. The smallest absolute Gasteiger partial charge is 0.455 e. The van der Waals surface area contributed by atoms with Crippen molar-refractivity contribution in [3.8, 4) is 11.5 Å². The predicted molar refractivity (Wildman–Crippen MR) is 55.0 cm³/mol. The summed E-state index contributed by atoms with van der Waals surface area (Å²) in [4.78, 5) is 0. The maximum absolute atomic E-state index is 12.9. The van der Waals surface area contributed by atoms with Gasteiger partial charge >= 0.3 is 12.1 Å². The largest absolute Gasteiger partial charge is 0.508 e. The second-order valence-corrected chi connectivity index (χ2v) is 3.34. The molecule has 18 heavy (non-hydrogen) atoms. The van der Waals surface area contributed by atoms with Crippen molar-refractivity contribution in [1.29, 1.82) is 0 Å². The Balaban J connectivity index is 0.00000289. The van der Waals surface area contributed by atoms with Crippen LogP contribution < -0.4 is 5.73 Å². The third-order valence-corrected chi connectivity index (χ3v) is 2.11. The van der Waals surface area contributed by atoms with Crippen LogP contribution in [0.15, 0.2) is 18.2 Å². The number of halogens is 6. The molecule has 0 aliphatic carbocycles. The number of hydrogen-bond acceptors (Lipinski definition) is 3. The van der Waals surface area contributed by atoms with Gasteiger partial charge in [-0.05, 0) is 18.2 Å². The van der Waals surface area contributed by atoms with E-state index in [1.165, 1.54) is 0 Å². The van der Waals surface area contributed by atoms with Crippen molar-refractivity contribution in [2.45, 2.75) is 18.1 Å². The Morgan fingerprint density at radius 1 is 1.06 bits per heavy atom. The first-order valence-corrected chi connectivity index (χ1v) is 4.29. The number of aromatic hydroxyl groups is 2. The normalized spacial score (nSPS) is 13.9. The molecule has 0 spiro atoms. The van der Waals surface area contributed by atoms with E-state index < -0.39 is 35.2 Å². The van der Waals surface area contributed by atoms with Crippen molar-refractivity contribution in [3.63, 3.8) is 0 Å². The maximum atomic E-state index is 12.9. The lowest BCUT2D eigenvalue weighted by Crippen LogP contribution is -2.45. The van der Waals surface area contributed by atoms with Crippen LogP contribution in [-0.2, 0) is 0 Å². The van der Waals surface area contributed by atoms with E-state index in [0.717, 1.165) is 12.1 Å². The van der Waals surface area contributed by atoms with Crippen LogP contribution in [0.2, 0.25) is 0 Å². The van der Waals surface area contributed by atoms with Gasteiger partial charge in [-0.2, -0.15) is 22.0 Å². The first-order chi connectivity index (χ1) is 7.57. The summed E-state index contributed by atoms with van der Waals surface area (Å²) < 4.78 is 61.8. The van der Waals surface area contributed by atoms with Crippen molar-refractivity contribution in [3.05, 3.63) is 23.8 Å². The highest BCUT2D eigenvalue weighted by Gasteiger charge is 2.62. The van der Waals surface area contributed by atoms with Crippen LogP contribution >= 0.6 is 12.4 Å². The Bertz CT molecular complexity index is 424. The van der Waals surface area contributed by atoms with Gasteiger partial charge in [-0.15, -0.1) is 12.4 Å². The lowest BCUT2D eigenvalue weighted by Gasteiger charge is -2.26. The van der Waals surface area contributed by atoms with Gasteiger partial charge in [0, 0.05) is 5.56 Å². The minimum absolute atomic E-state index is 0. The van der Waals surface area contributed by atoms with E-state index in [1.54, 1.807) is 0 Å². The molecule has 1 rings (SSSR count). The molecular weight excluding hydrogens is 285 g/mol. The molecule has 0 saturated carbocycles. The van der Waals surface area contributed by atoms with E-state index >= 15 is 0 Å². The number of phenols is 2. The highest BCUT2D eigenvalue weighted by atomic mass is 35.5. The van der Waals surface area contributed by atoms with E-state index in [9.17, 15) is 22.0 Å². The molecule has 0 bridgehead atoms. The van der Waals surface area contributed by atoms with E-state index in [2.05, 4.69) is 0 Å². The lowest BCUT2D eigenvalue weighted by atomic mass is 10.00. The highest BCUT2D eigenvalue weighted by molar-refractivity contribution is 5.85. The molecule has 1 atom stereocenters. The molecule has 4 N–H and O–H groups in total. The zero-order chi connectivity index (χ0) is 13.4. The quantitative estimate of drug-likeness (QED) is 0.580. The van der Waals surface area contributed by atoms with Crippen LogP contribution in [0.3, 0.4) is 0 Å². The van der Waals surface area contributed by atoms with Gasteiger partial charge in [-0.3, -0.25) is 0 Å². The number of benzene rings is 1. The zero-order valence-corrected chi connectivity index (χ0v) is 9.40. The van der Waals surface area contributed by atoms with Crippen LogP contribution in [0, 0.1) is 0 Å². The first-order valence-electron chi connectivity index (χ1n) is 4.29. The molecule has 0 aliphatic rings. The molecular formula is C9H9ClF5NO2. The minimum Gasteiger partial charge on any atom is -0.508 e. The van der Waals surface area contributed by atoms with Crippen LogP contribution in [-0.4, -0.2) is 22.3 Å². The summed E-state index contributed by atoms with van der Waals surface area (Å²) in [6.45, 7) is 0. The summed E-state index contributed by atoms with van der Waals surface area (Å²) in [6.07, 6.45) is -5.84. The van der Waals surface area contributed by atoms with Gasteiger partial charge in [0.25, 0.3) is 0 Å². The van der Waals surface area contributed by atoms with Crippen molar-refractivity contribution >= 4 is 12.4 Å². The fraction of sp³-hybridized carbons (Fsp3) is 0.333. The molecule has 104 valence electrons. The summed E-state index contributed by atoms with van der Waals surface area (Å²) in [5.74, 6) is -6.64. The summed E-state index contributed by atoms with van der Waals surface area (Å²) in [6, 6.07) is -0.539. The molecule has 0 aliphatic heterocycles. The zero-order valence-electron chi connectivity index (χ0n) is 8.58. The van der Waals surface area contributed by atoms with Gasteiger partial charge in [0.05, 0.1) is 0 Å². The van der Waals surface area contributed by atoms with Crippen molar-refractivity contribution < 1.29 is 32.2 Å². The highest BCUT2D eigenvalue weighted by Crippen LogP contribution is 2.45. The van der Waals surface area contributed by atoms with Gasteiger partial charge in [0.15, 0.2) is 0 Å². The van der Waals surface area contributed by atoms with Gasteiger partial charge in [0.2, 0.25) is 0 Å². The number of hydrogen-bond donors (Lipinski definition) is 3. The lowest BCUT2D eigenvalue weighted by molar-refractivity contribution is -0.291. The average molecular weight is 294 g/mol. The average Bonchev–Trinajstić information content (AvgIpc) is 2.19. The van der Waals surface area contributed by atoms with Gasteiger partial charge in [-0.1, -0.05) is 0 Å². The fourth-order valence-corrected chi connectivity index (χ4v) is 1.16. The Hall–Kier alpha value is -1.28. The number of nitrogens with two attached hydrogens (primary N) is 1. The third-order valence-electron chi connectivity index (χ3n) is 2.11. The SMILES string of the molecule is Cl.N[C@@H](c1cc(O)ccc1O)C(F)(F)C(F)(F)F. The molecule has 0 amide bonds. The molecule has 0 fully saturated rings. The Morgan fingerprint density at radius 3 is 2.00 bits per heavy atom. The maximum Gasteiger partial charge on any atom is 0.455 e. The van der Waals surface area contributed by atoms with Gasteiger partial charge in [-0.25, -0.2) is 0 Å². The molecule has 9 heteroatoms. The fourth-order valence-electron chi connectivity index (χ4n) is 1.16. The van der Waals surface area contributed by atoms with E-state index in [1.807, 2.05) is 0 Å². The van der Waals surface area contributed by atoms with Crippen LogP contribution in [0.25, 0.3) is 0 Å². The molecule has 0 saturated heterocycles. The molecule has 0 unspecified atom stereocenters. The molecule has 0 aromatic heterocycles. The van der Waals surface area contributed by atoms with E-state index in [-0.39, 0.29) is 12.4 Å². The van der Waals surface area contributed by atoms with Gasteiger partial charge < -0.3 is 15.9 Å². The molecule has 1 aromatic carbocycles. The first kappa shape index (κ1) is 16.7. The second-order valence-electron chi connectivity index (χ2n) is 3.34. The molecule has 1 aromatic rings. The molecule has 3 nitrogen and oxygen atoms in total. The van der Waals surface area contributed by atoms with Crippen molar-refractivity contribution in [1.82, 2.24) is 0 Å². The van der Waals surface area contributed by atoms with Crippen LogP contribution in [0.4, 0.5) is 22.0 Å². The van der Waals surface area contributed by atoms with Crippen LogP contribution in [0.5, 0.6) is 11.5 Å². The Labute approximate surface area is 104 Å². The molecule has 0 heterocycles. The third kappa shape index (κ3) is 2.94. The van der Waals surface area contributed by atoms with E-state index in [4.69, 9.17) is 15.9 Å². The van der Waals surface area contributed by atoms with Crippen LogP contribution in [0.1, 0.15) is 11.6 Å². The Kier molecular flexibility index (Phi) is 4.78.